The molecule has 0 saturated heterocycles. The van der Waals surface area contributed by atoms with Gasteiger partial charge >= 0.3 is 17.9 Å². The Bertz CT molecular complexity index is 1730. The maximum absolute atomic E-state index is 12.9. The van der Waals surface area contributed by atoms with E-state index in [1.165, 1.54) is 83.5 Å². The van der Waals surface area contributed by atoms with Gasteiger partial charge in [-0.15, -0.1) is 0 Å². The molecule has 0 amide bonds. The summed E-state index contributed by atoms with van der Waals surface area (Å²) in [6, 6.07) is 0. The fourth-order valence-corrected chi connectivity index (χ4v) is 8.53. The molecular formula is C73H118O6. The molecule has 0 saturated carbocycles. The predicted molar refractivity (Wildman–Crippen MR) is 343 cm³/mol. The molecule has 1 atom stereocenters. The van der Waals surface area contributed by atoms with Crippen LogP contribution in [-0.2, 0) is 28.6 Å². The van der Waals surface area contributed by atoms with Crippen molar-refractivity contribution in [2.75, 3.05) is 13.2 Å². The van der Waals surface area contributed by atoms with Crippen molar-refractivity contribution >= 4 is 17.9 Å². The number of ether oxygens (including phenoxy) is 3. The van der Waals surface area contributed by atoms with Crippen molar-refractivity contribution in [1.82, 2.24) is 0 Å². The molecule has 0 heterocycles. The summed E-state index contributed by atoms with van der Waals surface area (Å²) >= 11 is 0. The molecule has 0 aromatic heterocycles. The maximum atomic E-state index is 12.9. The number of carbonyl (C=O) groups excluding carboxylic acids is 3. The van der Waals surface area contributed by atoms with Gasteiger partial charge in [-0.2, -0.15) is 0 Å². The lowest BCUT2D eigenvalue weighted by Crippen LogP contribution is -2.30. The van der Waals surface area contributed by atoms with Crippen LogP contribution < -0.4 is 0 Å². The van der Waals surface area contributed by atoms with Crippen molar-refractivity contribution in [1.29, 1.82) is 0 Å². The van der Waals surface area contributed by atoms with Crippen LogP contribution in [0.4, 0.5) is 0 Å². The Morgan fingerprint density at radius 2 is 0.494 bits per heavy atom. The van der Waals surface area contributed by atoms with E-state index in [0.29, 0.717) is 19.3 Å². The Labute approximate surface area is 487 Å². The van der Waals surface area contributed by atoms with Gasteiger partial charge in [0.1, 0.15) is 13.2 Å². The van der Waals surface area contributed by atoms with Crippen molar-refractivity contribution in [3.05, 3.63) is 146 Å². The van der Waals surface area contributed by atoms with Crippen LogP contribution in [0.5, 0.6) is 0 Å². The number of allylic oxidation sites excluding steroid dienone is 24. The molecule has 79 heavy (non-hydrogen) atoms. The Balaban J connectivity index is 4.47. The summed E-state index contributed by atoms with van der Waals surface area (Å²) in [5.74, 6) is -0.941. The van der Waals surface area contributed by atoms with E-state index in [0.717, 1.165) is 154 Å². The molecule has 0 aliphatic carbocycles. The topological polar surface area (TPSA) is 78.9 Å². The first kappa shape index (κ1) is 74.3. The summed E-state index contributed by atoms with van der Waals surface area (Å²) in [4.78, 5) is 38.4. The highest BCUT2D eigenvalue weighted by Crippen LogP contribution is 2.15. The lowest BCUT2D eigenvalue weighted by molar-refractivity contribution is -0.167. The molecule has 1 unspecified atom stereocenters. The number of carbonyl (C=O) groups is 3. The number of unbranched alkanes of at least 4 members (excludes halogenated alkanes) is 22. The van der Waals surface area contributed by atoms with Crippen LogP contribution in [0.2, 0.25) is 0 Å². The molecule has 0 fully saturated rings. The molecule has 0 aliphatic rings. The van der Waals surface area contributed by atoms with Gasteiger partial charge in [0, 0.05) is 19.3 Å². The summed E-state index contributed by atoms with van der Waals surface area (Å²) < 4.78 is 16.9. The average Bonchev–Trinajstić information content (AvgIpc) is 3.45. The van der Waals surface area contributed by atoms with Crippen LogP contribution in [0, 0.1) is 0 Å². The average molecular weight is 1090 g/mol. The molecule has 0 rings (SSSR count). The monoisotopic (exact) mass is 1090 g/mol. The smallest absolute Gasteiger partial charge is 0.306 e. The van der Waals surface area contributed by atoms with Gasteiger partial charge in [0.2, 0.25) is 0 Å². The van der Waals surface area contributed by atoms with E-state index in [2.05, 4.69) is 167 Å². The minimum atomic E-state index is -0.805. The van der Waals surface area contributed by atoms with E-state index >= 15 is 0 Å². The van der Waals surface area contributed by atoms with E-state index in [9.17, 15) is 14.4 Å². The highest BCUT2D eigenvalue weighted by atomic mass is 16.6. The Morgan fingerprint density at radius 1 is 0.266 bits per heavy atom. The molecule has 446 valence electrons. The van der Waals surface area contributed by atoms with Crippen molar-refractivity contribution in [3.63, 3.8) is 0 Å². The van der Waals surface area contributed by atoms with Crippen LogP contribution in [0.15, 0.2) is 146 Å². The predicted octanol–water partition coefficient (Wildman–Crippen LogP) is 22.3. The third kappa shape index (κ3) is 64.0. The number of hydrogen-bond donors (Lipinski definition) is 0. The van der Waals surface area contributed by atoms with Gasteiger partial charge in [0.15, 0.2) is 6.10 Å². The molecule has 0 N–H and O–H groups in total. The van der Waals surface area contributed by atoms with Crippen molar-refractivity contribution in [2.45, 2.75) is 284 Å². The molecule has 0 aromatic rings. The van der Waals surface area contributed by atoms with Crippen LogP contribution in [0.1, 0.15) is 278 Å². The first-order valence-corrected chi connectivity index (χ1v) is 32.3. The van der Waals surface area contributed by atoms with Crippen molar-refractivity contribution in [3.8, 4) is 0 Å². The standard InChI is InChI=1S/C73H118O6/c1-4-7-10-13-16-19-22-25-28-31-33-34-35-36-37-38-40-42-45-48-51-54-57-60-63-66-72(75)78-69-70(68-77-71(74)65-62-59-56-53-50-47-44-41-30-27-24-21-18-15-12-9-6-3)79-73(76)67-64-61-58-55-52-49-46-43-39-32-29-26-23-20-17-14-11-8-5-2/h7,9-10,12,16-21,25-30,33-34,36-37,40,42,44,47,70H,4-6,8,11,13-15,22-24,31-32,35,38-39,41,43,45-46,48-69H2,1-3H3/b10-7-,12-9-,19-16-,20-17-,21-18-,28-25-,29-26-,30-27-,34-33-,37-36-,42-40-,47-44-. The second-order valence-electron chi connectivity index (χ2n) is 20.9. The Kier molecular flexibility index (Phi) is 61.9. The first-order valence-electron chi connectivity index (χ1n) is 32.3. The van der Waals surface area contributed by atoms with E-state index in [-0.39, 0.29) is 31.1 Å². The van der Waals surface area contributed by atoms with Crippen LogP contribution >= 0.6 is 0 Å². The number of hydrogen-bond acceptors (Lipinski definition) is 6. The summed E-state index contributed by atoms with van der Waals surface area (Å²) in [7, 11) is 0. The fourth-order valence-electron chi connectivity index (χ4n) is 8.53. The molecule has 0 bridgehead atoms. The Hall–Kier alpha value is -4.71. The molecular weight excluding hydrogens is 973 g/mol. The third-order valence-electron chi connectivity index (χ3n) is 13.3. The molecule has 0 spiro atoms. The van der Waals surface area contributed by atoms with Gasteiger partial charge in [-0.25, -0.2) is 0 Å². The van der Waals surface area contributed by atoms with Crippen molar-refractivity contribution in [2.24, 2.45) is 0 Å². The lowest BCUT2D eigenvalue weighted by Gasteiger charge is -2.18. The number of rotatable bonds is 57. The summed E-state index contributed by atoms with van der Waals surface area (Å²) in [6.45, 7) is 6.36. The minimum Gasteiger partial charge on any atom is -0.462 e. The maximum Gasteiger partial charge on any atom is 0.306 e. The van der Waals surface area contributed by atoms with Crippen molar-refractivity contribution < 1.29 is 28.6 Å². The van der Waals surface area contributed by atoms with Gasteiger partial charge in [-0.1, -0.05) is 263 Å². The van der Waals surface area contributed by atoms with Crippen LogP contribution in [0.25, 0.3) is 0 Å². The van der Waals surface area contributed by atoms with E-state index in [1.54, 1.807) is 0 Å². The third-order valence-corrected chi connectivity index (χ3v) is 13.3. The summed E-state index contributed by atoms with van der Waals surface area (Å²) in [5, 5.41) is 0. The van der Waals surface area contributed by atoms with Gasteiger partial charge < -0.3 is 14.2 Å². The largest absolute Gasteiger partial charge is 0.462 e. The molecule has 6 heteroatoms. The minimum absolute atomic E-state index is 0.101. The Morgan fingerprint density at radius 3 is 0.772 bits per heavy atom. The summed E-state index contributed by atoms with van der Waals surface area (Å²) in [6.07, 6.45) is 94.1. The fraction of sp³-hybridized carbons (Fsp3) is 0.630. The zero-order chi connectivity index (χ0) is 57.1. The lowest BCUT2D eigenvalue weighted by atomic mass is 10.1. The van der Waals surface area contributed by atoms with Crippen LogP contribution in [0.3, 0.4) is 0 Å². The first-order chi connectivity index (χ1) is 39.0. The van der Waals surface area contributed by atoms with E-state index in [4.69, 9.17) is 14.2 Å². The highest BCUT2D eigenvalue weighted by molar-refractivity contribution is 5.71. The van der Waals surface area contributed by atoms with Gasteiger partial charge in [-0.3, -0.25) is 14.4 Å². The van der Waals surface area contributed by atoms with E-state index < -0.39 is 6.10 Å². The zero-order valence-electron chi connectivity index (χ0n) is 51.1. The molecule has 6 nitrogen and oxygen atoms in total. The number of esters is 3. The molecule has 0 aromatic carbocycles. The van der Waals surface area contributed by atoms with Gasteiger partial charge in [0.25, 0.3) is 0 Å². The zero-order valence-corrected chi connectivity index (χ0v) is 51.1. The second kappa shape index (κ2) is 65.8. The molecule has 0 radical (unpaired) electrons. The summed E-state index contributed by atoms with van der Waals surface area (Å²) in [5.41, 5.74) is 0. The SMILES string of the molecule is CC/C=C\C/C=C\C/C=C\C/C=C\C/C=C\C/C=C\CCCCCCCCC(=O)OCC(COC(=O)CCCCCC/C=C\C/C=C\C/C=C\C/C=C\CC)OC(=O)CCCCCCCCCCC/C=C\C/C=C\CCCCC. The van der Waals surface area contributed by atoms with Gasteiger partial charge in [0.05, 0.1) is 0 Å². The van der Waals surface area contributed by atoms with Crippen LogP contribution in [-0.4, -0.2) is 37.2 Å². The second-order valence-corrected chi connectivity index (χ2v) is 20.9. The normalized spacial score (nSPS) is 13.1. The highest BCUT2D eigenvalue weighted by Gasteiger charge is 2.19. The van der Waals surface area contributed by atoms with Gasteiger partial charge in [-0.05, 0) is 141 Å². The molecule has 0 aliphatic heterocycles. The quantitative estimate of drug-likeness (QED) is 0.0261. The van der Waals surface area contributed by atoms with E-state index in [1.807, 2.05) is 0 Å².